The summed E-state index contributed by atoms with van der Waals surface area (Å²) in [6.45, 7) is 0. The van der Waals surface area contributed by atoms with Crippen LogP contribution in [0, 0.1) is 0 Å². The maximum atomic E-state index is 12.2. The van der Waals surface area contributed by atoms with E-state index in [4.69, 9.17) is 4.42 Å². The van der Waals surface area contributed by atoms with Crippen molar-refractivity contribution in [1.29, 1.82) is 0 Å². The number of ketones is 1. The first-order chi connectivity index (χ1) is 9.31. The normalized spacial score (nSPS) is 18.7. The Kier molecular flexibility index (Phi) is 2.05. The summed E-state index contributed by atoms with van der Waals surface area (Å²) < 4.78 is 6.93. The van der Waals surface area contributed by atoms with Crippen LogP contribution in [-0.4, -0.2) is 25.4 Å². The van der Waals surface area contributed by atoms with Gasteiger partial charge in [0, 0.05) is 25.0 Å². The quantitative estimate of drug-likeness (QED) is 0.660. The molecule has 0 N–H and O–H groups in total. The molecule has 1 aliphatic rings. The maximum absolute atomic E-state index is 12.2. The summed E-state index contributed by atoms with van der Waals surface area (Å²) in [7, 11) is 0. The van der Waals surface area contributed by atoms with E-state index in [2.05, 4.69) is 15.1 Å². The largest absolute Gasteiger partial charge is 0.469 e. The fourth-order valence-corrected chi connectivity index (χ4v) is 2.55. The van der Waals surface area contributed by atoms with Gasteiger partial charge in [-0.1, -0.05) is 0 Å². The molecule has 3 heterocycles. The zero-order chi connectivity index (χ0) is 12.8. The topological polar surface area (TPSA) is 73.3 Å². The number of fused-ring (bicyclic) bond motifs is 2. The van der Waals surface area contributed by atoms with Gasteiger partial charge in [0.15, 0.2) is 5.78 Å². The second-order valence-corrected chi connectivity index (χ2v) is 4.65. The Morgan fingerprint density at radius 1 is 1.37 bits per heavy atom. The highest BCUT2D eigenvalue weighted by Gasteiger charge is 2.29. The van der Waals surface area contributed by atoms with Crippen molar-refractivity contribution in [2.45, 2.75) is 18.8 Å². The van der Waals surface area contributed by atoms with E-state index in [0.717, 1.165) is 11.5 Å². The zero-order valence-corrected chi connectivity index (χ0v) is 9.98. The van der Waals surface area contributed by atoms with Gasteiger partial charge in [0.05, 0.1) is 17.5 Å². The van der Waals surface area contributed by atoms with E-state index in [1.165, 1.54) is 10.8 Å². The van der Waals surface area contributed by atoms with Gasteiger partial charge >= 0.3 is 0 Å². The molecule has 19 heavy (non-hydrogen) atoms. The molecule has 6 nitrogen and oxygen atoms in total. The lowest BCUT2D eigenvalue weighted by Gasteiger charge is -2.20. The summed E-state index contributed by atoms with van der Waals surface area (Å²) >= 11 is 0. The van der Waals surface area contributed by atoms with Gasteiger partial charge in [-0.2, -0.15) is 10.1 Å². The molecule has 0 unspecified atom stereocenters. The van der Waals surface area contributed by atoms with E-state index in [9.17, 15) is 4.79 Å². The Labute approximate surface area is 108 Å². The van der Waals surface area contributed by atoms with Crippen molar-refractivity contribution in [2.24, 2.45) is 0 Å². The fourth-order valence-electron chi connectivity index (χ4n) is 2.55. The Bertz CT molecular complexity index is 760. The van der Waals surface area contributed by atoms with E-state index in [0.29, 0.717) is 24.2 Å². The molecule has 3 aromatic heterocycles. The van der Waals surface area contributed by atoms with E-state index < -0.39 is 0 Å². The molecule has 0 bridgehead atoms. The van der Waals surface area contributed by atoms with Crippen LogP contribution in [-0.2, 0) is 6.42 Å². The number of furan rings is 1. The number of nitrogens with zero attached hydrogens (tertiary/aromatic N) is 4. The maximum Gasteiger partial charge on any atom is 0.252 e. The molecule has 1 atom stereocenters. The predicted octanol–water partition coefficient (Wildman–Crippen LogP) is 1.63. The zero-order valence-electron chi connectivity index (χ0n) is 9.98. The third kappa shape index (κ3) is 1.56. The highest BCUT2D eigenvalue weighted by Crippen LogP contribution is 2.31. The molecule has 0 fully saturated rings. The van der Waals surface area contributed by atoms with Crippen molar-refractivity contribution >= 4 is 11.6 Å². The van der Waals surface area contributed by atoms with Crippen LogP contribution in [0.3, 0.4) is 0 Å². The smallest absolute Gasteiger partial charge is 0.252 e. The standard InChI is InChI=1S/C13H10N4O2/c18-11-5-8(12-2-1-3-19-12)4-10-9(11)6-17-13(16-10)14-7-15-17/h1-3,6-8H,4-5H2/t8-/m0/s1. The van der Waals surface area contributed by atoms with Crippen LogP contribution in [0.4, 0.5) is 0 Å². The predicted molar refractivity (Wildman–Crippen MR) is 64.9 cm³/mol. The minimum absolute atomic E-state index is 0.0628. The van der Waals surface area contributed by atoms with E-state index in [1.807, 2.05) is 12.1 Å². The molecular weight excluding hydrogens is 244 g/mol. The van der Waals surface area contributed by atoms with Gasteiger partial charge in [0.1, 0.15) is 12.1 Å². The van der Waals surface area contributed by atoms with Crippen LogP contribution < -0.4 is 0 Å². The first-order valence-corrected chi connectivity index (χ1v) is 6.07. The number of rotatable bonds is 1. The lowest BCUT2D eigenvalue weighted by Crippen LogP contribution is -2.21. The monoisotopic (exact) mass is 254 g/mol. The fraction of sp³-hybridized carbons (Fsp3) is 0.231. The SMILES string of the molecule is O=C1C[C@@H](c2ccco2)Cc2nc3ncnn3cc21. The molecule has 4 rings (SSSR count). The molecule has 0 aromatic carbocycles. The Morgan fingerprint density at radius 3 is 3.16 bits per heavy atom. The third-order valence-electron chi connectivity index (χ3n) is 3.47. The van der Waals surface area contributed by atoms with Crippen LogP contribution in [0.2, 0.25) is 0 Å². The summed E-state index contributed by atoms with van der Waals surface area (Å²) in [6.07, 6.45) is 5.92. The minimum Gasteiger partial charge on any atom is -0.469 e. The summed E-state index contributed by atoms with van der Waals surface area (Å²) in [6, 6.07) is 3.74. The number of Topliss-reactive ketones (excluding diaryl/α,β-unsaturated/α-hetero) is 1. The first-order valence-electron chi connectivity index (χ1n) is 6.07. The average molecular weight is 254 g/mol. The van der Waals surface area contributed by atoms with E-state index in [-0.39, 0.29) is 11.7 Å². The highest BCUT2D eigenvalue weighted by atomic mass is 16.3. The van der Waals surface area contributed by atoms with Gasteiger partial charge in [-0.25, -0.2) is 9.50 Å². The summed E-state index contributed by atoms with van der Waals surface area (Å²) in [4.78, 5) is 20.7. The lowest BCUT2D eigenvalue weighted by atomic mass is 9.85. The molecule has 0 saturated heterocycles. The summed E-state index contributed by atoms with van der Waals surface area (Å²) in [5.41, 5.74) is 1.42. The molecule has 1 aliphatic carbocycles. The third-order valence-corrected chi connectivity index (χ3v) is 3.47. The molecule has 6 heteroatoms. The Morgan fingerprint density at radius 2 is 2.32 bits per heavy atom. The van der Waals surface area contributed by atoms with Crippen molar-refractivity contribution in [3.05, 3.63) is 47.9 Å². The average Bonchev–Trinajstić information content (AvgIpc) is 3.07. The lowest BCUT2D eigenvalue weighted by molar-refractivity contribution is 0.0958. The van der Waals surface area contributed by atoms with Crippen molar-refractivity contribution in [3.63, 3.8) is 0 Å². The molecule has 0 radical (unpaired) electrons. The number of hydrogen-bond donors (Lipinski definition) is 0. The van der Waals surface area contributed by atoms with Gasteiger partial charge < -0.3 is 4.42 Å². The van der Waals surface area contributed by atoms with Crippen molar-refractivity contribution < 1.29 is 9.21 Å². The van der Waals surface area contributed by atoms with Gasteiger partial charge in [-0.05, 0) is 12.1 Å². The van der Waals surface area contributed by atoms with Crippen LogP contribution in [0.15, 0.2) is 35.3 Å². The van der Waals surface area contributed by atoms with Crippen LogP contribution in [0.1, 0.15) is 34.2 Å². The Hall–Kier alpha value is -2.50. The summed E-state index contributed by atoms with van der Waals surface area (Å²) in [5, 5.41) is 4.00. The van der Waals surface area contributed by atoms with E-state index in [1.54, 1.807) is 12.5 Å². The molecule has 0 aliphatic heterocycles. The van der Waals surface area contributed by atoms with E-state index >= 15 is 0 Å². The molecule has 3 aromatic rings. The van der Waals surface area contributed by atoms with Crippen molar-refractivity contribution in [3.8, 4) is 0 Å². The molecule has 0 spiro atoms. The van der Waals surface area contributed by atoms with Gasteiger partial charge in [0.2, 0.25) is 0 Å². The second-order valence-electron chi connectivity index (χ2n) is 4.65. The van der Waals surface area contributed by atoms with Gasteiger partial charge in [-0.15, -0.1) is 0 Å². The minimum atomic E-state index is 0.0628. The summed E-state index contributed by atoms with van der Waals surface area (Å²) in [5.74, 6) is 1.49. The number of carbonyl (C=O) groups is 1. The number of hydrogen-bond acceptors (Lipinski definition) is 5. The van der Waals surface area contributed by atoms with Gasteiger partial charge in [-0.3, -0.25) is 4.79 Å². The number of aromatic nitrogens is 4. The molecular formula is C13H10N4O2. The second kappa shape index (κ2) is 3.74. The van der Waals surface area contributed by atoms with Gasteiger partial charge in [0.25, 0.3) is 5.78 Å². The van der Waals surface area contributed by atoms with Crippen LogP contribution in [0.25, 0.3) is 5.78 Å². The molecule has 0 saturated carbocycles. The van der Waals surface area contributed by atoms with Crippen molar-refractivity contribution in [1.82, 2.24) is 19.6 Å². The molecule has 0 amide bonds. The van der Waals surface area contributed by atoms with Crippen LogP contribution >= 0.6 is 0 Å². The molecule has 94 valence electrons. The van der Waals surface area contributed by atoms with Crippen LogP contribution in [0.5, 0.6) is 0 Å². The van der Waals surface area contributed by atoms with Crippen molar-refractivity contribution in [2.75, 3.05) is 0 Å². The number of carbonyl (C=O) groups excluding carboxylic acids is 1. The first kappa shape index (κ1) is 10.4. The Balaban J connectivity index is 1.82. The highest BCUT2D eigenvalue weighted by molar-refractivity contribution is 5.98.